The van der Waals surface area contributed by atoms with Crippen LogP contribution in [0.25, 0.3) is 6.08 Å². The number of ketones is 1. The largest absolute Gasteiger partial charge is 0.497 e. The van der Waals surface area contributed by atoms with Crippen LogP contribution in [0.1, 0.15) is 21.5 Å². The number of benzene rings is 3. The smallest absolute Gasteiger partial charge is 0.269 e. The third-order valence-corrected chi connectivity index (χ3v) is 4.51. The van der Waals surface area contributed by atoms with Crippen molar-refractivity contribution < 1.29 is 23.9 Å². The second-order valence-electron chi connectivity index (χ2n) is 6.55. The van der Waals surface area contributed by atoms with Crippen molar-refractivity contribution in [3.05, 3.63) is 99.6 Å². The van der Waals surface area contributed by atoms with Gasteiger partial charge in [-0.25, -0.2) is 0 Å². The van der Waals surface area contributed by atoms with Crippen molar-refractivity contribution in [1.82, 2.24) is 0 Å². The van der Waals surface area contributed by atoms with Crippen molar-refractivity contribution in [2.45, 2.75) is 6.61 Å². The summed E-state index contributed by atoms with van der Waals surface area (Å²) in [5.41, 5.74) is 2.13. The fourth-order valence-electron chi connectivity index (χ4n) is 2.83. The summed E-state index contributed by atoms with van der Waals surface area (Å²) in [4.78, 5) is 22.7. The molecule has 0 bridgehead atoms. The van der Waals surface area contributed by atoms with Gasteiger partial charge in [0, 0.05) is 17.7 Å². The normalized spacial score (nSPS) is 10.6. The number of nitro groups is 1. The molecule has 0 radical (unpaired) electrons. The lowest BCUT2D eigenvalue weighted by atomic mass is 10.1. The van der Waals surface area contributed by atoms with Crippen LogP contribution >= 0.6 is 0 Å². The molecule has 3 rings (SSSR count). The molecule has 158 valence electrons. The maximum atomic E-state index is 12.4. The van der Waals surface area contributed by atoms with Crippen molar-refractivity contribution in [3.63, 3.8) is 0 Å². The van der Waals surface area contributed by atoms with E-state index in [9.17, 15) is 14.9 Å². The van der Waals surface area contributed by atoms with Gasteiger partial charge in [0.2, 0.25) is 0 Å². The zero-order chi connectivity index (χ0) is 22.2. The van der Waals surface area contributed by atoms with E-state index in [1.807, 2.05) is 6.07 Å². The van der Waals surface area contributed by atoms with E-state index in [0.717, 1.165) is 11.1 Å². The summed E-state index contributed by atoms with van der Waals surface area (Å²) in [6, 6.07) is 18.4. The molecule has 0 atom stereocenters. The highest BCUT2D eigenvalue weighted by molar-refractivity contribution is 6.07. The first-order valence-electron chi connectivity index (χ1n) is 9.41. The number of non-ortho nitro benzene ring substituents is 1. The Balaban J connectivity index is 1.68. The summed E-state index contributed by atoms with van der Waals surface area (Å²) >= 11 is 0. The van der Waals surface area contributed by atoms with Gasteiger partial charge in [-0.05, 0) is 53.6 Å². The van der Waals surface area contributed by atoms with Crippen LogP contribution in [0.4, 0.5) is 5.69 Å². The highest BCUT2D eigenvalue weighted by atomic mass is 16.6. The van der Waals surface area contributed by atoms with Gasteiger partial charge < -0.3 is 14.2 Å². The third-order valence-electron chi connectivity index (χ3n) is 4.51. The Kier molecular flexibility index (Phi) is 7.01. The second-order valence-corrected chi connectivity index (χ2v) is 6.55. The van der Waals surface area contributed by atoms with E-state index in [-0.39, 0.29) is 18.1 Å². The van der Waals surface area contributed by atoms with Crippen LogP contribution in [-0.2, 0) is 6.61 Å². The maximum Gasteiger partial charge on any atom is 0.269 e. The summed E-state index contributed by atoms with van der Waals surface area (Å²) < 4.78 is 16.3. The quantitative estimate of drug-likeness (QED) is 0.208. The number of hydrogen-bond acceptors (Lipinski definition) is 6. The zero-order valence-electron chi connectivity index (χ0n) is 17.1. The van der Waals surface area contributed by atoms with Crippen LogP contribution in [0.15, 0.2) is 72.8 Å². The van der Waals surface area contributed by atoms with E-state index in [1.54, 1.807) is 61.7 Å². The molecule has 0 amide bonds. The monoisotopic (exact) mass is 419 g/mol. The van der Waals surface area contributed by atoms with Crippen LogP contribution in [0, 0.1) is 10.1 Å². The number of ether oxygens (including phenoxy) is 3. The predicted molar refractivity (Wildman–Crippen MR) is 117 cm³/mol. The molecule has 0 fully saturated rings. The molecule has 0 spiro atoms. The number of carbonyl (C=O) groups is 1. The summed E-state index contributed by atoms with van der Waals surface area (Å²) in [5.74, 6) is 1.52. The molecule has 31 heavy (non-hydrogen) atoms. The molecule has 7 heteroatoms. The molecule has 0 aliphatic heterocycles. The van der Waals surface area contributed by atoms with Gasteiger partial charge in [-0.3, -0.25) is 14.9 Å². The van der Waals surface area contributed by atoms with Crippen LogP contribution in [0.5, 0.6) is 17.2 Å². The lowest BCUT2D eigenvalue weighted by molar-refractivity contribution is -0.384. The van der Waals surface area contributed by atoms with Crippen molar-refractivity contribution in [1.29, 1.82) is 0 Å². The molecule has 0 saturated heterocycles. The minimum absolute atomic E-state index is 0.0287. The standard InChI is InChI=1S/C24H21NO6/c1-29-21-5-3-4-19(15-21)22(26)12-8-17-9-13-23(24(14-17)30-2)31-16-18-6-10-20(11-7-18)25(27)28/h3-15H,16H2,1-2H3/b12-8+. The molecule has 7 nitrogen and oxygen atoms in total. The molecule has 0 aliphatic carbocycles. The minimum Gasteiger partial charge on any atom is -0.497 e. The fourth-order valence-corrected chi connectivity index (χ4v) is 2.83. The summed E-state index contributed by atoms with van der Waals surface area (Å²) in [6.07, 6.45) is 3.19. The van der Waals surface area contributed by atoms with Gasteiger partial charge in [0.1, 0.15) is 12.4 Å². The lowest BCUT2D eigenvalue weighted by Crippen LogP contribution is -1.98. The van der Waals surface area contributed by atoms with Crippen molar-refractivity contribution in [3.8, 4) is 17.2 Å². The topological polar surface area (TPSA) is 87.9 Å². The highest BCUT2D eigenvalue weighted by Gasteiger charge is 2.08. The summed E-state index contributed by atoms with van der Waals surface area (Å²) in [5, 5.41) is 10.7. The van der Waals surface area contributed by atoms with Gasteiger partial charge in [0.15, 0.2) is 17.3 Å². The maximum absolute atomic E-state index is 12.4. The lowest BCUT2D eigenvalue weighted by Gasteiger charge is -2.11. The van der Waals surface area contributed by atoms with Crippen molar-refractivity contribution in [2.75, 3.05) is 14.2 Å². The number of methoxy groups -OCH3 is 2. The number of rotatable bonds is 9. The van der Waals surface area contributed by atoms with Gasteiger partial charge in [-0.2, -0.15) is 0 Å². The second kappa shape index (κ2) is 10.1. The molecule has 0 N–H and O–H groups in total. The van der Waals surface area contributed by atoms with Crippen molar-refractivity contribution in [2.24, 2.45) is 0 Å². The molecular weight excluding hydrogens is 398 g/mol. The molecular formula is C24H21NO6. The third kappa shape index (κ3) is 5.70. The van der Waals surface area contributed by atoms with E-state index in [0.29, 0.717) is 22.8 Å². The molecule has 0 aromatic heterocycles. The van der Waals surface area contributed by atoms with E-state index in [4.69, 9.17) is 14.2 Å². The highest BCUT2D eigenvalue weighted by Crippen LogP contribution is 2.29. The number of nitrogens with zero attached hydrogens (tertiary/aromatic N) is 1. The molecule has 3 aromatic rings. The molecule has 0 heterocycles. The Hall–Kier alpha value is -4.13. The minimum atomic E-state index is -0.445. The van der Waals surface area contributed by atoms with Gasteiger partial charge in [-0.1, -0.05) is 24.3 Å². The summed E-state index contributed by atoms with van der Waals surface area (Å²) in [6.45, 7) is 0.234. The fraction of sp³-hybridized carbons (Fsp3) is 0.125. The van der Waals surface area contributed by atoms with E-state index < -0.39 is 4.92 Å². The first-order valence-corrected chi connectivity index (χ1v) is 9.41. The number of allylic oxidation sites excluding steroid dienone is 1. The number of hydrogen-bond donors (Lipinski definition) is 0. The Bertz CT molecular complexity index is 1110. The molecule has 0 aliphatic rings. The number of nitro benzene ring substituents is 1. The van der Waals surface area contributed by atoms with Crippen LogP contribution in [-0.4, -0.2) is 24.9 Å². The molecule has 3 aromatic carbocycles. The van der Waals surface area contributed by atoms with Crippen LogP contribution < -0.4 is 14.2 Å². The SMILES string of the molecule is COc1cccc(C(=O)/C=C/c2ccc(OCc3ccc([N+](=O)[O-])cc3)c(OC)c2)c1. The first-order chi connectivity index (χ1) is 15.0. The molecule has 0 unspecified atom stereocenters. The van der Waals surface area contributed by atoms with E-state index >= 15 is 0 Å². The van der Waals surface area contributed by atoms with E-state index in [1.165, 1.54) is 25.3 Å². The van der Waals surface area contributed by atoms with Crippen LogP contribution in [0.2, 0.25) is 0 Å². The molecule has 0 saturated carbocycles. The average molecular weight is 419 g/mol. The van der Waals surface area contributed by atoms with Gasteiger partial charge >= 0.3 is 0 Å². The predicted octanol–water partition coefficient (Wildman–Crippen LogP) is 5.09. The first kappa shape index (κ1) is 21.6. The van der Waals surface area contributed by atoms with Gasteiger partial charge in [-0.15, -0.1) is 0 Å². The van der Waals surface area contributed by atoms with Gasteiger partial charge in [0.05, 0.1) is 19.1 Å². The Morgan fingerprint density at radius 1 is 0.968 bits per heavy atom. The zero-order valence-corrected chi connectivity index (χ0v) is 17.1. The Morgan fingerprint density at radius 3 is 2.42 bits per heavy atom. The van der Waals surface area contributed by atoms with Crippen molar-refractivity contribution >= 4 is 17.5 Å². The van der Waals surface area contributed by atoms with Gasteiger partial charge in [0.25, 0.3) is 5.69 Å². The summed E-state index contributed by atoms with van der Waals surface area (Å²) in [7, 11) is 3.08. The Morgan fingerprint density at radius 2 is 1.74 bits per heavy atom. The number of carbonyl (C=O) groups excluding carboxylic acids is 1. The van der Waals surface area contributed by atoms with Crippen LogP contribution in [0.3, 0.4) is 0 Å². The average Bonchev–Trinajstić information content (AvgIpc) is 2.81. The Labute approximate surface area is 179 Å². The van der Waals surface area contributed by atoms with E-state index in [2.05, 4.69) is 0 Å².